The highest BCUT2D eigenvalue weighted by atomic mass is 16.5. The van der Waals surface area contributed by atoms with Crippen molar-refractivity contribution >= 4 is 11.8 Å². The van der Waals surface area contributed by atoms with Gasteiger partial charge < -0.3 is 9.47 Å². The van der Waals surface area contributed by atoms with Crippen LogP contribution in [-0.2, 0) is 4.79 Å². The number of benzene rings is 2. The molecule has 0 unspecified atom stereocenters. The van der Waals surface area contributed by atoms with E-state index >= 15 is 0 Å². The first-order valence-corrected chi connectivity index (χ1v) is 9.46. The maximum atomic E-state index is 12.6. The smallest absolute Gasteiger partial charge is 0.269 e. The minimum Gasteiger partial charge on any atom is -0.493 e. The standard InChI is InChI=1S/C22H28N2O4/c1-5-9-18(16-10-7-6-8-11-16)22(26)24-23-21(25)17-12-13-19(28-15(2)3)20(14-17)27-4/h6-8,10-15,18H,5,9H2,1-4H3,(H,23,25)(H,24,26)/t18-/m1/s1. The molecule has 2 amide bonds. The SMILES string of the molecule is CCC[C@@H](C(=O)NNC(=O)c1ccc(OC(C)C)c(OC)c1)c1ccccc1. The van der Waals surface area contributed by atoms with Crippen molar-refractivity contribution in [1.82, 2.24) is 10.9 Å². The molecular weight excluding hydrogens is 356 g/mol. The third kappa shape index (κ3) is 5.74. The predicted molar refractivity (Wildman–Crippen MR) is 108 cm³/mol. The molecule has 2 aromatic rings. The van der Waals surface area contributed by atoms with E-state index in [9.17, 15) is 9.59 Å². The molecule has 0 heterocycles. The average molecular weight is 384 g/mol. The fourth-order valence-electron chi connectivity index (χ4n) is 2.86. The van der Waals surface area contributed by atoms with E-state index in [1.807, 2.05) is 51.1 Å². The zero-order valence-electron chi connectivity index (χ0n) is 16.8. The summed E-state index contributed by atoms with van der Waals surface area (Å²) in [5.74, 6) is 0.0352. The van der Waals surface area contributed by atoms with Crippen molar-refractivity contribution in [3.8, 4) is 11.5 Å². The Morgan fingerprint density at radius 1 is 1.00 bits per heavy atom. The lowest BCUT2D eigenvalue weighted by atomic mass is 9.94. The van der Waals surface area contributed by atoms with E-state index < -0.39 is 5.91 Å². The van der Waals surface area contributed by atoms with Crippen molar-refractivity contribution in [2.45, 2.75) is 45.6 Å². The average Bonchev–Trinajstić information content (AvgIpc) is 2.70. The fraction of sp³-hybridized carbons (Fsp3) is 0.364. The fourth-order valence-corrected chi connectivity index (χ4v) is 2.86. The zero-order chi connectivity index (χ0) is 20.5. The Hall–Kier alpha value is -3.02. The molecule has 2 rings (SSSR count). The van der Waals surface area contributed by atoms with Crippen LogP contribution >= 0.6 is 0 Å². The molecule has 0 bridgehead atoms. The van der Waals surface area contributed by atoms with Crippen molar-refractivity contribution in [3.63, 3.8) is 0 Å². The van der Waals surface area contributed by atoms with E-state index in [1.54, 1.807) is 18.2 Å². The van der Waals surface area contributed by atoms with Crippen molar-refractivity contribution in [2.75, 3.05) is 7.11 Å². The van der Waals surface area contributed by atoms with Crippen LogP contribution in [0, 0.1) is 0 Å². The number of methoxy groups -OCH3 is 1. The number of nitrogens with one attached hydrogen (secondary N) is 2. The summed E-state index contributed by atoms with van der Waals surface area (Å²) >= 11 is 0. The van der Waals surface area contributed by atoms with Crippen LogP contribution in [0.2, 0.25) is 0 Å². The predicted octanol–water partition coefficient (Wildman–Crippen LogP) is 3.83. The second-order valence-corrected chi connectivity index (χ2v) is 6.73. The normalized spacial score (nSPS) is 11.6. The topological polar surface area (TPSA) is 76.7 Å². The van der Waals surface area contributed by atoms with Gasteiger partial charge in [-0.1, -0.05) is 43.7 Å². The lowest BCUT2D eigenvalue weighted by Crippen LogP contribution is -2.44. The summed E-state index contributed by atoms with van der Waals surface area (Å²) in [6, 6.07) is 14.4. The quantitative estimate of drug-likeness (QED) is 0.678. The van der Waals surface area contributed by atoms with E-state index in [0.29, 0.717) is 23.5 Å². The Labute approximate surface area is 166 Å². The number of hydrogen-bond acceptors (Lipinski definition) is 4. The molecule has 2 N–H and O–H groups in total. The zero-order valence-corrected chi connectivity index (χ0v) is 16.8. The van der Waals surface area contributed by atoms with E-state index in [1.165, 1.54) is 7.11 Å². The summed E-state index contributed by atoms with van der Waals surface area (Å²) in [5.41, 5.74) is 6.31. The molecule has 0 aliphatic carbocycles. The molecule has 2 aromatic carbocycles. The second-order valence-electron chi connectivity index (χ2n) is 6.73. The van der Waals surface area contributed by atoms with E-state index in [-0.39, 0.29) is 17.9 Å². The van der Waals surface area contributed by atoms with E-state index in [2.05, 4.69) is 10.9 Å². The Balaban J connectivity index is 2.05. The molecular formula is C22H28N2O4. The lowest BCUT2D eigenvalue weighted by molar-refractivity contribution is -0.123. The van der Waals surface area contributed by atoms with Crippen molar-refractivity contribution in [1.29, 1.82) is 0 Å². The third-order valence-electron chi connectivity index (χ3n) is 4.18. The van der Waals surface area contributed by atoms with Crippen LogP contribution in [0.25, 0.3) is 0 Å². The molecule has 6 heteroatoms. The number of ether oxygens (including phenoxy) is 2. The summed E-state index contributed by atoms with van der Waals surface area (Å²) in [4.78, 5) is 25.0. The summed E-state index contributed by atoms with van der Waals surface area (Å²) in [6.07, 6.45) is 1.54. The molecule has 28 heavy (non-hydrogen) atoms. The molecule has 0 fully saturated rings. The molecule has 1 atom stereocenters. The maximum Gasteiger partial charge on any atom is 0.269 e. The summed E-state index contributed by atoms with van der Waals surface area (Å²) in [6.45, 7) is 5.85. The summed E-state index contributed by atoms with van der Waals surface area (Å²) in [7, 11) is 1.52. The first kappa shape index (κ1) is 21.3. The number of hydrazine groups is 1. The van der Waals surface area contributed by atoms with Crippen molar-refractivity contribution in [3.05, 3.63) is 59.7 Å². The summed E-state index contributed by atoms with van der Waals surface area (Å²) < 4.78 is 10.9. The van der Waals surface area contributed by atoms with Gasteiger partial charge in [0.15, 0.2) is 11.5 Å². The minimum atomic E-state index is -0.425. The Bertz CT molecular complexity index is 790. The molecule has 0 aromatic heterocycles. The van der Waals surface area contributed by atoms with Crippen LogP contribution in [0.3, 0.4) is 0 Å². The third-order valence-corrected chi connectivity index (χ3v) is 4.18. The first-order valence-electron chi connectivity index (χ1n) is 9.46. The Kier molecular flexibility index (Phi) is 7.87. The van der Waals surface area contributed by atoms with Crippen LogP contribution in [0.1, 0.15) is 55.5 Å². The van der Waals surface area contributed by atoms with Crippen LogP contribution in [0.4, 0.5) is 0 Å². The van der Waals surface area contributed by atoms with Crippen LogP contribution in [-0.4, -0.2) is 25.0 Å². The molecule has 0 radical (unpaired) electrons. The highest BCUT2D eigenvalue weighted by Gasteiger charge is 2.20. The van der Waals surface area contributed by atoms with Crippen molar-refractivity contribution < 1.29 is 19.1 Å². The lowest BCUT2D eigenvalue weighted by Gasteiger charge is -2.17. The van der Waals surface area contributed by atoms with Gasteiger partial charge in [-0.3, -0.25) is 20.4 Å². The Morgan fingerprint density at radius 2 is 1.71 bits per heavy atom. The van der Waals surface area contributed by atoms with Gasteiger partial charge in [-0.15, -0.1) is 0 Å². The monoisotopic (exact) mass is 384 g/mol. The number of carbonyl (C=O) groups excluding carboxylic acids is 2. The van der Waals surface area contributed by atoms with Gasteiger partial charge in [0.25, 0.3) is 5.91 Å². The van der Waals surface area contributed by atoms with Gasteiger partial charge in [-0.25, -0.2) is 0 Å². The number of hydrogen-bond donors (Lipinski definition) is 2. The van der Waals surface area contributed by atoms with Gasteiger partial charge in [0.1, 0.15) is 0 Å². The summed E-state index contributed by atoms with van der Waals surface area (Å²) in [5, 5.41) is 0. The highest BCUT2D eigenvalue weighted by Crippen LogP contribution is 2.29. The maximum absolute atomic E-state index is 12.6. The number of carbonyl (C=O) groups is 2. The Morgan fingerprint density at radius 3 is 2.32 bits per heavy atom. The molecule has 0 saturated carbocycles. The molecule has 0 spiro atoms. The van der Waals surface area contributed by atoms with Gasteiger partial charge in [0.05, 0.1) is 19.1 Å². The molecule has 6 nitrogen and oxygen atoms in total. The van der Waals surface area contributed by atoms with Crippen LogP contribution in [0.5, 0.6) is 11.5 Å². The molecule has 0 saturated heterocycles. The molecule has 0 aliphatic heterocycles. The van der Waals surface area contributed by atoms with Gasteiger partial charge in [0.2, 0.25) is 5.91 Å². The van der Waals surface area contributed by atoms with Gasteiger partial charge in [-0.2, -0.15) is 0 Å². The number of amides is 2. The largest absolute Gasteiger partial charge is 0.493 e. The first-order chi connectivity index (χ1) is 13.5. The van der Waals surface area contributed by atoms with Crippen LogP contribution in [0.15, 0.2) is 48.5 Å². The minimum absolute atomic E-state index is 0.0126. The van der Waals surface area contributed by atoms with E-state index in [4.69, 9.17) is 9.47 Å². The van der Waals surface area contributed by atoms with Crippen molar-refractivity contribution in [2.24, 2.45) is 0 Å². The van der Waals surface area contributed by atoms with Gasteiger partial charge in [0, 0.05) is 5.56 Å². The van der Waals surface area contributed by atoms with Gasteiger partial charge >= 0.3 is 0 Å². The number of rotatable bonds is 8. The molecule has 0 aliphatic rings. The molecule has 150 valence electrons. The van der Waals surface area contributed by atoms with E-state index in [0.717, 1.165) is 12.0 Å². The van der Waals surface area contributed by atoms with Gasteiger partial charge in [-0.05, 0) is 44.0 Å². The highest BCUT2D eigenvalue weighted by molar-refractivity contribution is 5.96. The second kappa shape index (κ2) is 10.3. The van der Waals surface area contributed by atoms with Crippen LogP contribution < -0.4 is 20.3 Å².